The quantitative estimate of drug-likeness (QED) is 0.719. The summed E-state index contributed by atoms with van der Waals surface area (Å²) in [6, 6.07) is 0. The first-order valence-electron chi connectivity index (χ1n) is 2.95. The summed E-state index contributed by atoms with van der Waals surface area (Å²) in [5.74, 6) is -16.3. The van der Waals surface area contributed by atoms with Crippen molar-refractivity contribution in [2.24, 2.45) is 0 Å². The van der Waals surface area contributed by atoms with Gasteiger partial charge < -0.3 is 15.7 Å². The summed E-state index contributed by atoms with van der Waals surface area (Å²) in [5.41, 5.74) is 0. The molecule has 4 nitrogen and oxygen atoms in total. The molecule has 0 saturated carbocycles. The first-order chi connectivity index (χ1) is 6.44. The highest BCUT2D eigenvalue weighted by molar-refractivity contribution is 5.76. The van der Waals surface area contributed by atoms with Gasteiger partial charge in [-0.3, -0.25) is 0 Å². The van der Waals surface area contributed by atoms with E-state index >= 15 is 0 Å². The molecule has 0 aromatic carbocycles. The minimum absolute atomic E-state index is 0. The molecular formula is C5H7F7O4. The van der Waals surface area contributed by atoms with Crippen LogP contribution >= 0.6 is 0 Å². The van der Waals surface area contributed by atoms with Gasteiger partial charge in [0.1, 0.15) is 0 Å². The molecule has 0 aromatic rings. The molecule has 0 unspecified atom stereocenters. The fourth-order valence-electron chi connectivity index (χ4n) is 0.312. The molecule has 4 N–H and O–H groups in total. The number of hydrogen-bond donors (Lipinski definition) is 2. The SMILES string of the molecule is CO.O.O=C(O)C(F)(F)C(F)(F)C(F)(F)F. The van der Waals surface area contributed by atoms with Crippen LogP contribution in [0.15, 0.2) is 0 Å². The van der Waals surface area contributed by atoms with Gasteiger partial charge in [0, 0.05) is 7.11 Å². The standard InChI is InChI=1S/C4HF7O2.CH4O.H2O/c5-2(6,1(12)13)3(7,8)4(9,10)11;1-2;/h(H,12,13);2H,1H3;1H2. The lowest BCUT2D eigenvalue weighted by molar-refractivity contribution is -0.347. The van der Waals surface area contributed by atoms with E-state index < -0.39 is 24.0 Å². The molecule has 0 aromatic heterocycles. The van der Waals surface area contributed by atoms with E-state index in [4.69, 9.17) is 10.2 Å². The van der Waals surface area contributed by atoms with Crippen LogP contribution in [0.2, 0.25) is 0 Å². The lowest BCUT2D eigenvalue weighted by Crippen LogP contribution is -2.56. The number of halogens is 7. The molecule has 0 atom stereocenters. The topological polar surface area (TPSA) is 89.0 Å². The number of carboxylic acids is 1. The van der Waals surface area contributed by atoms with Crippen LogP contribution in [0.5, 0.6) is 0 Å². The Morgan fingerprint density at radius 3 is 1.25 bits per heavy atom. The summed E-state index contributed by atoms with van der Waals surface area (Å²) in [5, 5.41) is 14.4. The number of carbonyl (C=O) groups is 1. The number of aliphatic hydroxyl groups excluding tert-OH is 1. The van der Waals surface area contributed by atoms with Gasteiger partial charge in [-0.05, 0) is 0 Å². The van der Waals surface area contributed by atoms with Gasteiger partial charge in [0.25, 0.3) is 0 Å². The molecule has 0 aliphatic rings. The maximum atomic E-state index is 11.8. The summed E-state index contributed by atoms with van der Waals surface area (Å²) in [4.78, 5) is 9.38. The van der Waals surface area contributed by atoms with Crippen LogP contribution in [0.3, 0.4) is 0 Å². The van der Waals surface area contributed by atoms with E-state index in [0.29, 0.717) is 0 Å². The Morgan fingerprint density at radius 2 is 1.19 bits per heavy atom. The van der Waals surface area contributed by atoms with Crippen molar-refractivity contribution in [3.8, 4) is 0 Å². The normalized spacial score (nSPS) is 12.1. The second-order valence-electron chi connectivity index (χ2n) is 1.95. The van der Waals surface area contributed by atoms with E-state index in [2.05, 4.69) is 0 Å². The molecule has 0 heterocycles. The largest absolute Gasteiger partial charge is 0.477 e. The average molecular weight is 264 g/mol. The molecule has 0 rings (SSSR count). The summed E-state index contributed by atoms with van der Waals surface area (Å²) >= 11 is 0. The second-order valence-corrected chi connectivity index (χ2v) is 1.95. The van der Waals surface area contributed by atoms with E-state index in [1.807, 2.05) is 0 Å². The Morgan fingerprint density at radius 1 is 0.938 bits per heavy atom. The monoisotopic (exact) mass is 264 g/mol. The van der Waals surface area contributed by atoms with Gasteiger partial charge in [0.2, 0.25) is 0 Å². The van der Waals surface area contributed by atoms with E-state index in [0.717, 1.165) is 7.11 Å². The number of alkyl halides is 7. The van der Waals surface area contributed by atoms with Crippen molar-refractivity contribution in [3.05, 3.63) is 0 Å². The molecule has 0 spiro atoms. The molecular weight excluding hydrogens is 257 g/mol. The maximum Gasteiger partial charge on any atom is 0.460 e. The fourth-order valence-corrected chi connectivity index (χ4v) is 0.312. The van der Waals surface area contributed by atoms with Crippen molar-refractivity contribution in [2.75, 3.05) is 7.11 Å². The van der Waals surface area contributed by atoms with Crippen LogP contribution in [0.4, 0.5) is 30.7 Å². The Hall–Kier alpha value is -1.10. The zero-order valence-corrected chi connectivity index (χ0v) is 7.45. The third-order valence-electron chi connectivity index (χ3n) is 1.02. The Kier molecular flexibility index (Phi) is 7.42. The third-order valence-corrected chi connectivity index (χ3v) is 1.02. The van der Waals surface area contributed by atoms with E-state index in [1.54, 1.807) is 0 Å². The van der Waals surface area contributed by atoms with Gasteiger partial charge in [0.15, 0.2) is 0 Å². The molecule has 0 aliphatic carbocycles. The Bertz CT molecular complexity index is 223. The van der Waals surface area contributed by atoms with Crippen molar-refractivity contribution in [1.29, 1.82) is 0 Å². The van der Waals surface area contributed by atoms with Crippen LogP contribution in [0.25, 0.3) is 0 Å². The van der Waals surface area contributed by atoms with Crippen molar-refractivity contribution in [3.63, 3.8) is 0 Å². The van der Waals surface area contributed by atoms with Crippen LogP contribution in [-0.4, -0.2) is 46.8 Å². The van der Waals surface area contributed by atoms with Gasteiger partial charge >= 0.3 is 24.0 Å². The van der Waals surface area contributed by atoms with Gasteiger partial charge in [-0.15, -0.1) is 0 Å². The van der Waals surface area contributed by atoms with Crippen molar-refractivity contribution in [1.82, 2.24) is 0 Å². The smallest absolute Gasteiger partial charge is 0.460 e. The molecule has 0 fully saturated rings. The molecule has 0 radical (unpaired) electrons. The van der Waals surface area contributed by atoms with Gasteiger partial charge in [-0.2, -0.15) is 30.7 Å². The first-order valence-corrected chi connectivity index (χ1v) is 2.95. The minimum Gasteiger partial charge on any atom is -0.477 e. The molecule has 11 heteroatoms. The third kappa shape index (κ3) is 3.48. The van der Waals surface area contributed by atoms with Crippen LogP contribution in [0.1, 0.15) is 0 Å². The summed E-state index contributed by atoms with van der Waals surface area (Å²) in [7, 11) is 1.00. The zero-order valence-electron chi connectivity index (χ0n) is 7.45. The lowest BCUT2D eigenvalue weighted by atomic mass is 10.1. The van der Waals surface area contributed by atoms with Crippen molar-refractivity contribution in [2.45, 2.75) is 18.0 Å². The summed E-state index contributed by atoms with van der Waals surface area (Å²) in [6.45, 7) is 0. The number of hydrogen-bond acceptors (Lipinski definition) is 2. The Labute approximate surface area is 83.6 Å². The van der Waals surface area contributed by atoms with Crippen LogP contribution in [0, 0.1) is 0 Å². The van der Waals surface area contributed by atoms with E-state index in [-0.39, 0.29) is 5.48 Å². The Balaban J connectivity index is -0.000000529. The van der Waals surface area contributed by atoms with E-state index in [9.17, 15) is 35.5 Å². The average Bonchev–Trinajstić information content (AvgIpc) is 2.05. The van der Waals surface area contributed by atoms with E-state index in [1.165, 1.54) is 0 Å². The molecule has 16 heavy (non-hydrogen) atoms. The molecule has 0 aliphatic heterocycles. The van der Waals surface area contributed by atoms with Crippen LogP contribution in [-0.2, 0) is 4.79 Å². The second kappa shape index (κ2) is 5.84. The van der Waals surface area contributed by atoms with Crippen molar-refractivity contribution >= 4 is 5.97 Å². The summed E-state index contributed by atoms with van der Waals surface area (Å²) < 4.78 is 80.5. The highest BCUT2D eigenvalue weighted by Crippen LogP contribution is 2.46. The predicted molar refractivity (Wildman–Crippen MR) is 35.3 cm³/mol. The summed E-state index contributed by atoms with van der Waals surface area (Å²) in [6.07, 6.45) is -6.60. The van der Waals surface area contributed by atoms with Gasteiger partial charge in [-0.25, -0.2) is 4.79 Å². The van der Waals surface area contributed by atoms with Gasteiger partial charge in [-0.1, -0.05) is 0 Å². The predicted octanol–water partition coefficient (Wildman–Crippen LogP) is 0.688. The number of aliphatic hydroxyl groups is 1. The lowest BCUT2D eigenvalue weighted by Gasteiger charge is -2.24. The molecule has 100 valence electrons. The highest BCUT2D eigenvalue weighted by Gasteiger charge is 2.76. The van der Waals surface area contributed by atoms with Crippen LogP contribution < -0.4 is 0 Å². The fraction of sp³-hybridized carbons (Fsp3) is 0.800. The zero-order chi connectivity index (χ0) is 13.1. The van der Waals surface area contributed by atoms with Gasteiger partial charge in [0.05, 0.1) is 0 Å². The molecule has 0 bridgehead atoms. The van der Waals surface area contributed by atoms with Crippen molar-refractivity contribution < 1.29 is 51.2 Å². The minimum atomic E-state index is -6.60. The number of aliphatic carboxylic acids is 1. The number of carboxylic acid groups (broad SMARTS) is 1. The highest BCUT2D eigenvalue weighted by atomic mass is 19.4. The number of rotatable bonds is 2. The first kappa shape index (κ1) is 20.3. The maximum absolute atomic E-state index is 11.8. The molecule has 0 saturated heterocycles. The molecule has 0 amide bonds.